The quantitative estimate of drug-likeness (QED) is 0.488. The number of thiophene rings is 1. The summed E-state index contributed by atoms with van der Waals surface area (Å²) >= 11 is 2.95. The molecule has 0 saturated carbocycles. The topological polar surface area (TPSA) is 93.3 Å². The van der Waals surface area contributed by atoms with Crippen LogP contribution in [0.2, 0.25) is 0 Å². The normalized spacial score (nSPS) is 12.0. The molecule has 0 fully saturated rings. The molecule has 0 spiro atoms. The number of ether oxygens (including phenoxy) is 2. The molecule has 1 amide bonds. The van der Waals surface area contributed by atoms with E-state index in [0.717, 1.165) is 26.8 Å². The van der Waals surface area contributed by atoms with E-state index in [1.165, 1.54) is 23.1 Å². The van der Waals surface area contributed by atoms with Crippen molar-refractivity contribution in [2.45, 2.75) is 31.8 Å². The van der Waals surface area contributed by atoms with Gasteiger partial charge in [0.05, 0.1) is 30.0 Å². The van der Waals surface area contributed by atoms with Gasteiger partial charge in [0.1, 0.15) is 28.8 Å². The first-order chi connectivity index (χ1) is 14.4. The van der Waals surface area contributed by atoms with Crippen molar-refractivity contribution in [3.8, 4) is 11.5 Å². The van der Waals surface area contributed by atoms with Crippen molar-refractivity contribution in [1.29, 1.82) is 0 Å². The minimum Gasteiger partial charge on any atom is -0.497 e. The molecule has 1 aromatic carbocycles. The van der Waals surface area contributed by atoms with Crippen LogP contribution in [0.25, 0.3) is 10.2 Å². The molecule has 160 valence electrons. The lowest BCUT2D eigenvalue weighted by molar-refractivity contribution is -0.120. The number of H-pyrrole nitrogens is 1. The van der Waals surface area contributed by atoms with Crippen LogP contribution in [0.1, 0.15) is 23.2 Å². The Hall–Kier alpha value is -2.52. The molecule has 7 nitrogen and oxygen atoms in total. The first-order valence-electron chi connectivity index (χ1n) is 9.54. The Bertz CT molecular complexity index is 1080. The van der Waals surface area contributed by atoms with Gasteiger partial charge in [-0.05, 0) is 50.6 Å². The number of aromatic amines is 1. The number of carbonyl (C=O) groups excluding carboxylic acids is 1. The van der Waals surface area contributed by atoms with Crippen LogP contribution in [0.5, 0.6) is 11.5 Å². The van der Waals surface area contributed by atoms with Crippen molar-refractivity contribution in [1.82, 2.24) is 15.3 Å². The summed E-state index contributed by atoms with van der Waals surface area (Å²) < 4.78 is 10.7. The van der Waals surface area contributed by atoms with E-state index >= 15 is 0 Å². The van der Waals surface area contributed by atoms with E-state index in [1.807, 2.05) is 45.0 Å². The molecule has 0 aliphatic carbocycles. The second-order valence-corrected chi connectivity index (χ2v) is 9.28. The number of nitrogens with zero attached hydrogens (tertiary/aromatic N) is 1. The van der Waals surface area contributed by atoms with E-state index < -0.39 is 0 Å². The minimum atomic E-state index is -0.279. The third-order valence-corrected chi connectivity index (χ3v) is 6.91. The lowest BCUT2D eigenvalue weighted by Gasteiger charge is -2.12. The molecule has 1 atom stereocenters. The van der Waals surface area contributed by atoms with Crippen LogP contribution in [0.15, 0.2) is 29.1 Å². The van der Waals surface area contributed by atoms with Crippen molar-refractivity contribution in [3.05, 3.63) is 50.9 Å². The number of hydrogen-bond acceptors (Lipinski definition) is 7. The highest BCUT2D eigenvalue weighted by Gasteiger charge is 2.16. The maximum Gasteiger partial charge on any atom is 0.259 e. The number of carbonyl (C=O) groups is 1. The fourth-order valence-corrected chi connectivity index (χ4v) is 4.63. The van der Waals surface area contributed by atoms with Gasteiger partial charge in [0.2, 0.25) is 5.91 Å². The van der Waals surface area contributed by atoms with Gasteiger partial charge < -0.3 is 19.8 Å². The summed E-state index contributed by atoms with van der Waals surface area (Å²) in [4.78, 5) is 33.9. The van der Waals surface area contributed by atoms with Crippen LogP contribution in [0, 0.1) is 13.8 Å². The second-order valence-electron chi connectivity index (χ2n) is 6.74. The van der Waals surface area contributed by atoms with Gasteiger partial charge in [-0.3, -0.25) is 9.59 Å². The van der Waals surface area contributed by atoms with Crippen LogP contribution in [-0.2, 0) is 10.5 Å². The van der Waals surface area contributed by atoms with Crippen molar-refractivity contribution in [2.24, 2.45) is 0 Å². The largest absolute Gasteiger partial charge is 0.497 e. The van der Waals surface area contributed by atoms with Gasteiger partial charge in [0.15, 0.2) is 0 Å². The molecule has 0 radical (unpaired) electrons. The van der Waals surface area contributed by atoms with Gasteiger partial charge in [-0.1, -0.05) is 0 Å². The van der Waals surface area contributed by atoms with E-state index in [2.05, 4.69) is 15.3 Å². The summed E-state index contributed by atoms with van der Waals surface area (Å²) in [6.45, 7) is 6.54. The number of rotatable bonds is 9. The van der Waals surface area contributed by atoms with Crippen molar-refractivity contribution in [2.75, 3.05) is 20.3 Å². The molecule has 2 N–H and O–H groups in total. The number of aryl methyl sites for hydroxylation is 2. The first kappa shape index (κ1) is 22.2. The van der Waals surface area contributed by atoms with Crippen LogP contribution in [0.3, 0.4) is 0 Å². The Morgan fingerprint density at radius 2 is 1.97 bits per heavy atom. The average molecular weight is 448 g/mol. The SMILES string of the molecule is COc1ccc(OCCNC(=O)C(C)SCc2nc3sc(C)c(C)c3c(=O)[nH]2)cc1. The molecule has 30 heavy (non-hydrogen) atoms. The standard InChI is InChI=1S/C21H25N3O4S2/c1-12-13(2)30-21-18(12)20(26)23-17(24-21)11-29-14(3)19(25)22-9-10-28-16-7-5-15(27-4)6-8-16/h5-8,14H,9-11H2,1-4H3,(H,22,25)(H,23,24,26). The van der Waals surface area contributed by atoms with E-state index in [-0.39, 0.29) is 16.7 Å². The maximum absolute atomic E-state index is 12.3. The number of benzene rings is 1. The van der Waals surface area contributed by atoms with Gasteiger partial charge in [-0.25, -0.2) is 4.98 Å². The summed E-state index contributed by atoms with van der Waals surface area (Å²) in [5, 5.41) is 3.25. The Kier molecular flexibility index (Phi) is 7.38. The average Bonchev–Trinajstić information content (AvgIpc) is 3.03. The molecule has 3 aromatic rings. The number of thioether (sulfide) groups is 1. The fraction of sp³-hybridized carbons (Fsp3) is 0.381. The Morgan fingerprint density at radius 3 is 2.67 bits per heavy atom. The van der Waals surface area contributed by atoms with Crippen LogP contribution in [0.4, 0.5) is 0 Å². The van der Waals surface area contributed by atoms with E-state index in [4.69, 9.17) is 9.47 Å². The summed E-state index contributed by atoms with van der Waals surface area (Å²) in [6.07, 6.45) is 0. The number of amides is 1. The zero-order valence-electron chi connectivity index (χ0n) is 17.4. The minimum absolute atomic E-state index is 0.0791. The molecule has 1 unspecified atom stereocenters. The Morgan fingerprint density at radius 1 is 1.27 bits per heavy atom. The second kappa shape index (κ2) is 9.99. The number of aromatic nitrogens is 2. The van der Waals surface area contributed by atoms with Crippen molar-refractivity contribution < 1.29 is 14.3 Å². The third-order valence-electron chi connectivity index (χ3n) is 4.66. The smallest absolute Gasteiger partial charge is 0.259 e. The highest BCUT2D eigenvalue weighted by atomic mass is 32.2. The zero-order valence-corrected chi connectivity index (χ0v) is 19.0. The highest BCUT2D eigenvalue weighted by Crippen LogP contribution is 2.26. The molecule has 2 heterocycles. The number of nitrogens with one attached hydrogen (secondary N) is 2. The van der Waals surface area contributed by atoms with E-state index in [1.54, 1.807) is 7.11 Å². The number of hydrogen-bond donors (Lipinski definition) is 2. The molecule has 2 aromatic heterocycles. The van der Waals surface area contributed by atoms with Crippen LogP contribution in [-0.4, -0.2) is 41.4 Å². The number of methoxy groups -OCH3 is 1. The molecule has 0 aliphatic heterocycles. The van der Waals surface area contributed by atoms with E-state index in [0.29, 0.717) is 30.1 Å². The van der Waals surface area contributed by atoms with Crippen LogP contribution >= 0.6 is 23.1 Å². The highest BCUT2D eigenvalue weighted by molar-refractivity contribution is 7.99. The maximum atomic E-state index is 12.3. The van der Waals surface area contributed by atoms with Gasteiger partial charge in [0, 0.05) is 4.88 Å². The van der Waals surface area contributed by atoms with Crippen molar-refractivity contribution >= 4 is 39.2 Å². The fourth-order valence-electron chi connectivity index (χ4n) is 2.81. The summed E-state index contributed by atoms with van der Waals surface area (Å²) in [5.41, 5.74) is 0.859. The number of fused-ring (bicyclic) bond motifs is 1. The first-order valence-corrected chi connectivity index (χ1v) is 11.4. The molecular formula is C21H25N3O4S2. The predicted octanol–water partition coefficient (Wildman–Crippen LogP) is 3.43. The molecule has 0 aliphatic rings. The molecule has 0 bridgehead atoms. The Labute approximate surface area is 183 Å². The Balaban J connectivity index is 1.45. The molecule has 0 saturated heterocycles. The zero-order chi connectivity index (χ0) is 21.7. The van der Waals surface area contributed by atoms with Gasteiger partial charge in [-0.15, -0.1) is 23.1 Å². The van der Waals surface area contributed by atoms with Gasteiger partial charge in [-0.2, -0.15) is 0 Å². The lowest BCUT2D eigenvalue weighted by atomic mass is 10.2. The monoisotopic (exact) mass is 447 g/mol. The van der Waals surface area contributed by atoms with Crippen molar-refractivity contribution in [3.63, 3.8) is 0 Å². The molecule has 9 heteroatoms. The summed E-state index contributed by atoms with van der Waals surface area (Å²) in [7, 11) is 1.61. The lowest BCUT2D eigenvalue weighted by Crippen LogP contribution is -2.34. The van der Waals surface area contributed by atoms with Crippen LogP contribution < -0.4 is 20.3 Å². The molecular weight excluding hydrogens is 422 g/mol. The molecule has 3 rings (SSSR count). The third kappa shape index (κ3) is 5.34. The predicted molar refractivity (Wildman–Crippen MR) is 122 cm³/mol. The van der Waals surface area contributed by atoms with Gasteiger partial charge in [0.25, 0.3) is 5.56 Å². The summed E-state index contributed by atoms with van der Waals surface area (Å²) in [6, 6.07) is 7.28. The van der Waals surface area contributed by atoms with Gasteiger partial charge >= 0.3 is 0 Å². The summed E-state index contributed by atoms with van der Waals surface area (Å²) in [5.74, 6) is 2.45. The van der Waals surface area contributed by atoms with E-state index in [9.17, 15) is 9.59 Å².